The molecule has 0 heterocycles. The maximum absolute atomic E-state index is 6.30. The molecule has 0 aliphatic heterocycles. The van der Waals surface area contributed by atoms with Crippen molar-refractivity contribution in [2.45, 2.75) is 46.1 Å². The first-order valence-corrected chi connectivity index (χ1v) is 7.24. The minimum atomic E-state index is 0.257. The molecule has 2 nitrogen and oxygen atoms in total. The number of unbranched alkanes of at least 4 members (excludes halogenated alkanes) is 1. The summed E-state index contributed by atoms with van der Waals surface area (Å²) in [7, 11) is 0. The van der Waals surface area contributed by atoms with E-state index in [1.165, 1.54) is 18.5 Å². The average Bonchev–Trinajstić information content (AvgIpc) is 2.43. The van der Waals surface area contributed by atoms with Gasteiger partial charge in [0, 0.05) is 24.8 Å². The van der Waals surface area contributed by atoms with E-state index in [-0.39, 0.29) is 6.04 Å². The van der Waals surface area contributed by atoms with E-state index < -0.39 is 0 Å². The highest BCUT2D eigenvalue weighted by Crippen LogP contribution is 2.16. The number of nitrogens with two attached hydrogens (primary N) is 1. The van der Waals surface area contributed by atoms with Crippen LogP contribution in [0.15, 0.2) is 30.3 Å². The lowest BCUT2D eigenvalue weighted by atomic mass is 9.99. The molecular weight excluding hydrogens is 220 g/mol. The van der Waals surface area contributed by atoms with E-state index in [1.807, 2.05) is 0 Å². The molecule has 0 spiro atoms. The first kappa shape index (κ1) is 15.0. The molecule has 18 heavy (non-hydrogen) atoms. The van der Waals surface area contributed by atoms with E-state index in [9.17, 15) is 0 Å². The van der Waals surface area contributed by atoms with Gasteiger partial charge in [-0.15, -0.1) is 0 Å². The van der Waals surface area contributed by atoms with Crippen LogP contribution in [-0.4, -0.2) is 19.1 Å². The van der Waals surface area contributed by atoms with Gasteiger partial charge in [0.2, 0.25) is 0 Å². The number of hydrogen-bond acceptors (Lipinski definition) is 2. The number of nitrogens with zero attached hydrogens (tertiary/aromatic N) is 1. The van der Waals surface area contributed by atoms with Gasteiger partial charge in [-0.25, -0.2) is 0 Å². The van der Waals surface area contributed by atoms with Crippen molar-refractivity contribution >= 4 is 5.69 Å². The van der Waals surface area contributed by atoms with Crippen molar-refractivity contribution in [3.8, 4) is 0 Å². The van der Waals surface area contributed by atoms with Crippen molar-refractivity contribution in [2.75, 3.05) is 18.0 Å². The second kappa shape index (κ2) is 8.15. The molecule has 2 heteroatoms. The predicted molar refractivity (Wildman–Crippen MR) is 81.0 cm³/mol. The molecule has 1 aromatic rings. The van der Waals surface area contributed by atoms with Gasteiger partial charge in [0.1, 0.15) is 0 Å². The third-order valence-corrected chi connectivity index (χ3v) is 3.71. The van der Waals surface area contributed by atoms with Crippen LogP contribution in [0.1, 0.15) is 40.0 Å². The van der Waals surface area contributed by atoms with Crippen LogP contribution < -0.4 is 10.6 Å². The van der Waals surface area contributed by atoms with E-state index >= 15 is 0 Å². The van der Waals surface area contributed by atoms with Crippen LogP contribution in [0.3, 0.4) is 0 Å². The Hall–Kier alpha value is -1.02. The molecule has 0 fully saturated rings. The number of para-hydroxylation sites is 1. The van der Waals surface area contributed by atoms with E-state index in [4.69, 9.17) is 5.73 Å². The Balaban J connectivity index is 2.67. The Labute approximate surface area is 112 Å². The molecule has 1 rings (SSSR count). The standard InChI is InChI=1S/C16H28N2/c1-4-6-12-18(13-16(17)14(3)5-2)15-10-8-7-9-11-15/h7-11,14,16H,4-6,12-13,17H2,1-3H3. The molecule has 2 N–H and O–H groups in total. The van der Waals surface area contributed by atoms with Gasteiger partial charge in [0.05, 0.1) is 0 Å². The zero-order chi connectivity index (χ0) is 13.4. The molecule has 0 aliphatic rings. The topological polar surface area (TPSA) is 29.3 Å². The molecule has 0 amide bonds. The summed E-state index contributed by atoms with van der Waals surface area (Å²) in [5, 5.41) is 0. The zero-order valence-electron chi connectivity index (χ0n) is 12.1. The van der Waals surface area contributed by atoms with E-state index in [0.717, 1.165) is 19.5 Å². The van der Waals surface area contributed by atoms with Gasteiger partial charge in [-0.2, -0.15) is 0 Å². The summed E-state index contributed by atoms with van der Waals surface area (Å²) in [5.74, 6) is 0.581. The van der Waals surface area contributed by atoms with E-state index in [0.29, 0.717) is 5.92 Å². The van der Waals surface area contributed by atoms with Gasteiger partial charge < -0.3 is 10.6 Å². The first-order chi connectivity index (χ1) is 8.69. The number of hydrogen-bond donors (Lipinski definition) is 1. The number of rotatable bonds is 8. The predicted octanol–water partition coefficient (Wildman–Crippen LogP) is 3.67. The summed E-state index contributed by atoms with van der Waals surface area (Å²) in [6, 6.07) is 10.9. The lowest BCUT2D eigenvalue weighted by Gasteiger charge is -2.30. The van der Waals surface area contributed by atoms with E-state index in [1.54, 1.807) is 0 Å². The molecule has 102 valence electrons. The van der Waals surface area contributed by atoms with Gasteiger partial charge in [0.25, 0.3) is 0 Å². The largest absolute Gasteiger partial charge is 0.370 e. The Bertz CT molecular complexity index is 310. The molecule has 0 saturated heterocycles. The van der Waals surface area contributed by atoms with Crippen LogP contribution in [0.4, 0.5) is 5.69 Å². The van der Waals surface area contributed by atoms with Crippen LogP contribution in [-0.2, 0) is 0 Å². The van der Waals surface area contributed by atoms with Crippen LogP contribution in [0.5, 0.6) is 0 Å². The Morgan fingerprint density at radius 3 is 2.39 bits per heavy atom. The van der Waals surface area contributed by atoms with Crippen LogP contribution in [0.25, 0.3) is 0 Å². The van der Waals surface area contributed by atoms with Crippen molar-refractivity contribution in [3.05, 3.63) is 30.3 Å². The minimum Gasteiger partial charge on any atom is -0.370 e. The smallest absolute Gasteiger partial charge is 0.0366 e. The van der Waals surface area contributed by atoms with Gasteiger partial charge in [-0.3, -0.25) is 0 Å². The normalized spacial score (nSPS) is 14.2. The summed E-state index contributed by atoms with van der Waals surface area (Å²) < 4.78 is 0. The highest BCUT2D eigenvalue weighted by atomic mass is 15.1. The fraction of sp³-hybridized carbons (Fsp3) is 0.625. The second-order valence-corrected chi connectivity index (χ2v) is 5.18. The molecule has 1 aromatic carbocycles. The summed E-state index contributed by atoms with van der Waals surface area (Å²) in [5.41, 5.74) is 7.59. The van der Waals surface area contributed by atoms with Crippen molar-refractivity contribution < 1.29 is 0 Å². The molecule has 0 radical (unpaired) electrons. The molecule has 0 aliphatic carbocycles. The van der Waals surface area contributed by atoms with Crippen molar-refractivity contribution in [2.24, 2.45) is 11.7 Å². The van der Waals surface area contributed by atoms with Gasteiger partial charge in [0.15, 0.2) is 0 Å². The van der Waals surface area contributed by atoms with Gasteiger partial charge >= 0.3 is 0 Å². The number of anilines is 1. The fourth-order valence-electron chi connectivity index (χ4n) is 2.05. The SMILES string of the molecule is CCCCN(CC(N)C(C)CC)c1ccccc1. The molecule has 0 bridgehead atoms. The van der Waals surface area contributed by atoms with E-state index in [2.05, 4.69) is 56.0 Å². The highest BCUT2D eigenvalue weighted by Gasteiger charge is 2.15. The molecule has 2 atom stereocenters. The van der Waals surface area contributed by atoms with Crippen LogP contribution in [0.2, 0.25) is 0 Å². The van der Waals surface area contributed by atoms with Gasteiger partial charge in [-0.1, -0.05) is 51.8 Å². The molecule has 0 saturated carbocycles. The average molecular weight is 248 g/mol. The van der Waals surface area contributed by atoms with Gasteiger partial charge in [-0.05, 0) is 24.5 Å². The Morgan fingerprint density at radius 2 is 1.83 bits per heavy atom. The maximum Gasteiger partial charge on any atom is 0.0366 e. The lowest BCUT2D eigenvalue weighted by molar-refractivity contribution is 0.437. The minimum absolute atomic E-state index is 0.257. The quantitative estimate of drug-likeness (QED) is 0.760. The summed E-state index contributed by atoms with van der Waals surface area (Å²) >= 11 is 0. The monoisotopic (exact) mass is 248 g/mol. The lowest BCUT2D eigenvalue weighted by Crippen LogP contribution is -2.42. The summed E-state index contributed by atoms with van der Waals surface area (Å²) in [4.78, 5) is 2.43. The van der Waals surface area contributed by atoms with Crippen LogP contribution in [0, 0.1) is 5.92 Å². The number of benzene rings is 1. The second-order valence-electron chi connectivity index (χ2n) is 5.18. The summed E-state index contributed by atoms with van der Waals surface area (Å²) in [6.45, 7) is 8.75. The third kappa shape index (κ3) is 4.69. The Morgan fingerprint density at radius 1 is 1.17 bits per heavy atom. The molecule has 2 unspecified atom stereocenters. The zero-order valence-corrected chi connectivity index (χ0v) is 12.1. The van der Waals surface area contributed by atoms with Crippen molar-refractivity contribution in [1.82, 2.24) is 0 Å². The molecule has 0 aromatic heterocycles. The first-order valence-electron chi connectivity index (χ1n) is 7.24. The Kier molecular flexibility index (Phi) is 6.81. The van der Waals surface area contributed by atoms with Crippen molar-refractivity contribution in [3.63, 3.8) is 0 Å². The maximum atomic E-state index is 6.30. The summed E-state index contributed by atoms with van der Waals surface area (Å²) in [6.07, 6.45) is 3.60. The van der Waals surface area contributed by atoms with Crippen LogP contribution >= 0.6 is 0 Å². The molecular formula is C16H28N2. The third-order valence-electron chi connectivity index (χ3n) is 3.71. The fourth-order valence-corrected chi connectivity index (χ4v) is 2.05. The highest BCUT2D eigenvalue weighted by molar-refractivity contribution is 5.46. The van der Waals surface area contributed by atoms with Crippen molar-refractivity contribution in [1.29, 1.82) is 0 Å².